The van der Waals surface area contributed by atoms with E-state index in [1.54, 1.807) is 0 Å². The molecule has 5 nitrogen and oxygen atoms in total. The van der Waals surface area contributed by atoms with Crippen molar-refractivity contribution >= 4 is 12.1 Å². The van der Waals surface area contributed by atoms with Crippen molar-refractivity contribution in [2.75, 3.05) is 6.61 Å². The van der Waals surface area contributed by atoms with E-state index >= 15 is 0 Å². The minimum Gasteiger partial charge on any atom is -0.480 e. The predicted molar refractivity (Wildman–Crippen MR) is 134 cm³/mol. The van der Waals surface area contributed by atoms with Crippen molar-refractivity contribution in [2.45, 2.75) is 80.6 Å². The van der Waals surface area contributed by atoms with Crippen LogP contribution in [0.4, 0.5) is 66.3 Å². The van der Waals surface area contributed by atoms with Gasteiger partial charge in [0, 0.05) is 18.8 Å². The summed E-state index contributed by atoms with van der Waals surface area (Å²) in [6.45, 7) is 0.383. The predicted octanol–water partition coefficient (Wildman–Crippen LogP) is 8.53. The molecule has 0 heterocycles. The lowest BCUT2D eigenvalue weighted by molar-refractivity contribution is -0.355. The van der Waals surface area contributed by atoms with Crippen LogP contribution in [0.2, 0.25) is 0 Å². The topological polar surface area (TPSA) is 75.6 Å². The molecule has 0 spiro atoms. The lowest BCUT2D eigenvalue weighted by Gasteiger charge is -2.28. The molecule has 2 aromatic carbocycles. The number of alkyl halides is 14. The van der Waals surface area contributed by atoms with E-state index in [1.807, 2.05) is 5.32 Å². The van der Waals surface area contributed by atoms with Crippen molar-refractivity contribution < 1.29 is 80.9 Å². The van der Waals surface area contributed by atoms with Crippen LogP contribution in [-0.4, -0.2) is 65.9 Å². The highest BCUT2D eigenvalue weighted by molar-refractivity contribution is 5.81. The Kier molecular flexibility index (Phi) is 10.1. The fourth-order valence-electron chi connectivity index (χ4n) is 4.72. The Balaban J connectivity index is 1.93. The van der Waals surface area contributed by atoms with Crippen LogP contribution in [-0.2, 0) is 22.4 Å². The number of carbonyl (C=O) groups is 2. The summed E-state index contributed by atoms with van der Waals surface area (Å²) in [5.41, 5.74) is 0.353. The maximum atomic E-state index is 13.9. The Morgan fingerprint density at radius 3 is 1.45 bits per heavy atom. The molecule has 1 aliphatic carbocycles. The normalized spacial score (nSPS) is 15.2. The number of hydrogen-bond donors (Lipinski definition) is 2. The van der Waals surface area contributed by atoms with Crippen LogP contribution in [0.25, 0.3) is 11.1 Å². The minimum atomic E-state index is -6.55. The number of benzene rings is 2. The number of aryl methyl sites for hydroxylation is 2. The molecule has 19 heteroatoms. The zero-order chi connectivity index (χ0) is 36.0. The van der Waals surface area contributed by atoms with Gasteiger partial charge in [-0.05, 0) is 53.1 Å². The number of carboxylic acid groups (broad SMARTS) is 1. The number of ether oxygens (including phenoxy) is 1. The van der Waals surface area contributed by atoms with Crippen molar-refractivity contribution in [1.82, 2.24) is 5.32 Å². The number of fused-ring (bicyclic) bond motifs is 3. The van der Waals surface area contributed by atoms with Gasteiger partial charge in [0.25, 0.3) is 0 Å². The van der Waals surface area contributed by atoms with Crippen molar-refractivity contribution in [3.05, 3.63) is 58.7 Å². The van der Waals surface area contributed by atoms with E-state index in [2.05, 4.69) is 0 Å². The van der Waals surface area contributed by atoms with Crippen LogP contribution in [0.3, 0.4) is 0 Å². The Hall–Kier alpha value is -3.80. The SMILES string of the molecule is C[C@H](NC(=O)OCC1c2cc(CCC(F)(F)C(F)(F)C(F)(F)F)ccc2-c2ccc(CCC(F)(F)C(F)(F)C(F)(F)F)cc21)C(=O)O. The van der Waals surface area contributed by atoms with Gasteiger partial charge in [0.15, 0.2) is 0 Å². The Labute approximate surface area is 255 Å². The third-order valence-electron chi connectivity index (χ3n) is 7.44. The number of nitrogens with one attached hydrogen (secondary N) is 1. The van der Waals surface area contributed by atoms with Gasteiger partial charge in [0.05, 0.1) is 0 Å². The van der Waals surface area contributed by atoms with Gasteiger partial charge in [0.1, 0.15) is 12.6 Å². The molecule has 0 saturated carbocycles. The summed E-state index contributed by atoms with van der Waals surface area (Å²) in [4.78, 5) is 23.2. The molecule has 3 rings (SSSR count). The first-order valence-electron chi connectivity index (χ1n) is 13.3. The van der Waals surface area contributed by atoms with E-state index in [9.17, 15) is 71.1 Å². The van der Waals surface area contributed by atoms with E-state index in [1.165, 1.54) is 12.1 Å². The fourth-order valence-corrected chi connectivity index (χ4v) is 4.72. The summed E-state index contributed by atoms with van der Waals surface area (Å²) >= 11 is 0. The average Bonchev–Trinajstić information content (AvgIpc) is 3.24. The number of amides is 1. The van der Waals surface area contributed by atoms with Gasteiger partial charge >= 0.3 is 48.1 Å². The number of aliphatic carboxylic acids is 1. The molecule has 1 atom stereocenters. The van der Waals surface area contributed by atoms with Crippen molar-refractivity contribution in [1.29, 1.82) is 0 Å². The molecule has 2 aromatic rings. The maximum Gasteiger partial charge on any atom is 0.459 e. The number of alkyl carbamates (subject to hydrolysis) is 1. The molecule has 0 radical (unpaired) electrons. The summed E-state index contributed by atoms with van der Waals surface area (Å²) in [6, 6.07) is 5.49. The summed E-state index contributed by atoms with van der Waals surface area (Å²) in [5, 5.41) is 10.9. The molecule has 262 valence electrons. The monoisotopic (exact) mass is 703 g/mol. The van der Waals surface area contributed by atoms with E-state index in [0.29, 0.717) is 0 Å². The molecule has 0 saturated heterocycles. The smallest absolute Gasteiger partial charge is 0.459 e. The quantitative estimate of drug-likeness (QED) is 0.218. The Morgan fingerprint density at radius 2 is 1.11 bits per heavy atom. The van der Waals surface area contributed by atoms with Crippen molar-refractivity contribution in [3.8, 4) is 11.1 Å². The molecule has 2 N–H and O–H groups in total. The molecule has 47 heavy (non-hydrogen) atoms. The largest absolute Gasteiger partial charge is 0.480 e. The van der Waals surface area contributed by atoms with E-state index in [4.69, 9.17) is 9.84 Å². The highest BCUT2D eigenvalue weighted by atomic mass is 19.4. The second-order valence-corrected chi connectivity index (χ2v) is 10.8. The summed E-state index contributed by atoms with van der Waals surface area (Å²) in [7, 11) is 0. The Morgan fingerprint density at radius 1 is 0.723 bits per heavy atom. The molecule has 0 unspecified atom stereocenters. The first-order valence-corrected chi connectivity index (χ1v) is 13.3. The molecule has 0 aliphatic heterocycles. The van der Waals surface area contributed by atoms with Gasteiger partial charge in [-0.2, -0.15) is 61.5 Å². The molecular formula is C28H23F14NO4. The van der Waals surface area contributed by atoms with Crippen LogP contribution < -0.4 is 5.32 Å². The number of halogens is 14. The fraction of sp³-hybridized carbons (Fsp3) is 0.500. The second-order valence-electron chi connectivity index (χ2n) is 10.8. The van der Waals surface area contributed by atoms with Gasteiger partial charge in [-0.25, -0.2) is 4.79 Å². The third kappa shape index (κ3) is 7.52. The van der Waals surface area contributed by atoms with Crippen LogP contribution in [0.15, 0.2) is 36.4 Å². The maximum absolute atomic E-state index is 13.9. The molecular weight excluding hydrogens is 680 g/mol. The van der Waals surface area contributed by atoms with Crippen molar-refractivity contribution in [3.63, 3.8) is 0 Å². The summed E-state index contributed by atoms with van der Waals surface area (Å²) in [6.07, 6.45) is -20.3. The zero-order valence-corrected chi connectivity index (χ0v) is 23.6. The lowest BCUT2D eigenvalue weighted by Crippen LogP contribution is -2.52. The van der Waals surface area contributed by atoms with E-state index in [-0.39, 0.29) is 33.4 Å². The van der Waals surface area contributed by atoms with E-state index < -0.39 is 92.4 Å². The zero-order valence-electron chi connectivity index (χ0n) is 23.6. The number of rotatable bonds is 12. The molecule has 0 fully saturated rings. The first-order chi connectivity index (χ1) is 21.2. The highest BCUT2D eigenvalue weighted by Gasteiger charge is 2.73. The van der Waals surface area contributed by atoms with Crippen LogP contribution in [0.5, 0.6) is 0 Å². The lowest BCUT2D eigenvalue weighted by atomic mass is 9.93. The van der Waals surface area contributed by atoms with Crippen LogP contribution >= 0.6 is 0 Å². The first kappa shape index (κ1) is 37.7. The van der Waals surface area contributed by atoms with E-state index in [0.717, 1.165) is 31.2 Å². The number of hydrogen-bond acceptors (Lipinski definition) is 3. The molecule has 0 bridgehead atoms. The number of carboxylic acids is 1. The average molecular weight is 703 g/mol. The van der Waals surface area contributed by atoms with Gasteiger partial charge in [0.2, 0.25) is 0 Å². The van der Waals surface area contributed by atoms with Crippen molar-refractivity contribution in [2.24, 2.45) is 0 Å². The van der Waals surface area contributed by atoms with Gasteiger partial charge in [-0.1, -0.05) is 36.4 Å². The standard InChI is InChI=1S/C28H23F14NO4/c1-13(21(44)45)43-22(46)47-12-20-18-10-14(6-8-23(29,30)25(33,34)27(37,38)39)2-4-16(18)17-5-3-15(11-19(17)20)7-9-24(31,32)26(35,36)28(40,41)42/h2-5,10-11,13,20H,6-9,12H2,1H3,(H,43,46)(H,44,45)/t13-/m0/s1. The Bertz CT molecular complexity index is 1400. The molecule has 0 aromatic heterocycles. The highest BCUT2D eigenvalue weighted by Crippen LogP contribution is 2.51. The van der Waals surface area contributed by atoms with Gasteiger partial charge in [-0.3, -0.25) is 4.79 Å². The minimum absolute atomic E-state index is 0.105. The number of carbonyl (C=O) groups excluding carboxylic acids is 1. The third-order valence-corrected chi connectivity index (χ3v) is 7.44. The van der Waals surface area contributed by atoms with Gasteiger partial charge < -0.3 is 15.2 Å². The summed E-state index contributed by atoms with van der Waals surface area (Å²) in [5.74, 6) is -26.4. The second kappa shape index (κ2) is 12.7. The van der Waals surface area contributed by atoms with Crippen LogP contribution in [0, 0.1) is 0 Å². The molecule has 1 aliphatic rings. The molecule has 1 amide bonds. The summed E-state index contributed by atoms with van der Waals surface area (Å²) < 4.78 is 189. The van der Waals surface area contributed by atoms with Crippen LogP contribution in [0.1, 0.15) is 47.9 Å². The van der Waals surface area contributed by atoms with Gasteiger partial charge in [-0.15, -0.1) is 0 Å².